The summed E-state index contributed by atoms with van der Waals surface area (Å²) in [6, 6.07) is 2.46. The molecular formula is C14H11Cl2F4N3. The van der Waals surface area contributed by atoms with E-state index in [1.165, 1.54) is 6.07 Å². The van der Waals surface area contributed by atoms with Crippen LogP contribution in [0.2, 0.25) is 10.0 Å². The molecule has 0 radical (unpaired) electrons. The summed E-state index contributed by atoms with van der Waals surface area (Å²) in [6.45, 7) is 1.68. The van der Waals surface area contributed by atoms with Crippen LogP contribution < -0.4 is 5.32 Å². The van der Waals surface area contributed by atoms with Gasteiger partial charge in [0.15, 0.2) is 0 Å². The first-order valence-electron chi connectivity index (χ1n) is 6.45. The molecule has 0 amide bonds. The first-order valence-corrected chi connectivity index (χ1v) is 7.21. The van der Waals surface area contributed by atoms with Crippen molar-refractivity contribution in [1.29, 1.82) is 0 Å². The van der Waals surface area contributed by atoms with Gasteiger partial charge in [0.05, 0.1) is 16.1 Å². The van der Waals surface area contributed by atoms with Gasteiger partial charge in [0.25, 0.3) is 0 Å². The average Bonchev–Trinajstić information content (AvgIpc) is 2.48. The Balaban J connectivity index is 2.13. The lowest BCUT2D eigenvalue weighted by Gasteiger charge is -2.15. The third-order valence-corrected chi connectivity index (χ3v) is 3.86. The van der Waals surface area contributed by atoms with Crippen LogP contribution in [0.4, 0.5) is 17.6 Å². The van der Waals surface area contributed by atoms with Crippen LogP contribution in [0.5, 0.6) is 0 Å². The quantitative estimate of drug-likeness (QED) is 0.623. The molecule has 1 aromatic carbocycles. The molecule has 2 rings (SSSR count). The second-order valence-electron chi connectivity index (χ2n) is 4.76. The van der Waals surface area contributed by atoms with E-state index in [9.17, 15) is 17.6 Å². The highest BCUT2D eigenvalue weighted by Crippen LogP contribution is 2.29. The molecular weight excluding hydrogens is 357 g/mol. The van der Waals surface area contributed by atoms with Crippen molar-refractivity contribution in [2.75, 3.05) is 0 Å². The molecule has 2 aromatic rings. The monoisotopic (exact) mass is 367 g/mol. The summed E-state index contributed by atoms with van der Waals surface area (Å²) in [7, 11) is 0. The van der Waals surface area contributed by atoms with Crippen molar-refractivity contribution in [2.24, 2.45) is 0 Å². The highest BCUT2D eigenvalue weighted by atomic mass is 35.5. The highest BCUT2D eigenvalue weighted by molar-refractivity contribution is 6.42. The average molecular weight is 368 g/mol. The Hall–Kier alpha value is -1.44. The van der Waals surface area contributed by atoms with Crippen LogP contribution in [0.1, 0.15) is 30.0 Å². The number of nitrogens with one attached hydrogen (secondary N) is 1. The molecule has 3 nitrogen and oxygen atoms in total. The maximum absolute atomic E-state index is 13.3. The molecule has 0 fully saturated rings. The molecule has 0 aliphatic carbocycles. The second-order valence-corrected chi connectivity index (χ2v) is 5.55. The van der Waals surface area contributed by atoms with Gasteiger partial charge in [-0.15, -0.1) is 0 Å². The number of nitrogens with zero attached hydrogens (tertiary/aromatic N) is 2. The maximum Gasteiger partial charge on any atom is 0.433 e. The third kappa shape index (κ3) is 4.53. The highest BCUT2D eigenvalue weighted by Gasteiger charge is 2.33. The molecule has 23 heavy (non-hydrogen) atoms. The van der Waals surface area contributed by atoms with Crippen LogP contribution in [0.15, 0.2) is 24.4 Å². The van der Waals surface area contributed by atoms with Crippen molar-refractivity contribution in [2.45, 2.75) is 25.7 Å². The maximum atomic E-state index is 13.3. The van der Waals surface area contributed by atoms with Crippen molar-refractivity contribution in [3.63, 3.8) is 0 Å². The van der Waals surface area contributed by atoms with Crippen molar-refractivity contribution in [3.8, 4) is 0 Å². The summed E-state index contributed by atoms with van der Waals surface area (Å²) in [6.07, 6.45) is -3.51. The van der Waals surface area contributed by atoms with E-state index in [0.29, 0.717) is 5.56 Å². The molecule has 0 saturated carbocycles. The Morgan fingerprint density at radius 3 is 2.61 bits per heavy atom. The molecule has 124 valence electrons. The SMILES string of the molecule is CC(NCc1cc(F)cc(Cl)c1Cl)c1nccc(C(F)(F)F)n1. The smallest absolute Gasteiger partial charge is 0.303 e. The molecule has 1 atom stereocenters. The van der Waals surface area contributed by atoms with Gasteiger partial charge in [-0.25, -0.2) is 14.4 Å². The molecule has 1 N–H and O–H groups in total. The lowest BCUT2D eigenvalue weighted by atomic mass is 10.2. The van der Waals surface area contributed by atoms with Gasteiger partial charge in [-0.3, -0.25) is 0 Å². The number of benzene rings is 1. The first-order chi connectivity index (χ1) is 10.7. The predicted octanol–water partition coefficient (Wildman–Crippen LogP) is 4.79. The fourth-order valence-electron chi connectivity index (χ4n) is 1.83. The van der Waals surface area contributed by atoms with Gasteiger partial charge in [-0.1, -0.05) is 23.2 Å². The van der Waals surface area contributed by atoms with E-state index in [2.05, 4.69) is 15.3 Å². The number of rotatable bonds is 4. The van der Waals surface area contributed by atoms with Gasteiger partial charge < -0.3 is 5.32 Å². The standard InChI is InChI=1S/C14H11Cl2F4N3/c1-7(13-21-3-2-11(23-13)14(18,19)20)22-6-8-4-9(17)5-10(15)12(8)16/h2-5,7,22H,6H2,1H3. The zero-order chi connectivity index (χ0) is 17.2. The fraction of sp³-hybridized carbons (Fsp3) is 0.286. The number of halogens is 6. The van der Waals surface area contributed by atoms with Gasteiger partial charge in [0.2, 0.25) is 0 Å². The minimum Gasteiger partial charge on any atom is -0.303 e. The molecule has 0 saturated heterocycles. The number of hydrogen-bond donors (Lipinski definition) is 1. The molecule has 1 aromatic heterocycles. The van der Waals surface area contributed by atoms with Crippen LogP contribution in [0.3, 0.4) is 0 Å². The fourth-order valence-corrected chi connectivity index (χ4v) is 2.23. The zero-order valence-electron chi connectivity index (χ0n) is 11.8. The van der Waals surface area contributed by atoms with E-state index >= 15 is 0 Å². The Morgan fingerprint density at radius 1 is 1.26 bits per heavy atom. The van der Waals surface area contributed by atoms with E-state index in [-0.39, 0.29) is 22.4 Å². The summed E-state index contributed by atoms with van der Waals surface area (Å²) in [5.41, 5.74) is -0.640. The van der Waals surface area contributed by atoms with E-state index in [1.54, 1.807) is 6.92 Å². The molecule has 1 heterocycles. The van der Waals surface area contributed by atoms with Gasteiger partial charge in [-0.2, -0.15) is 13.2 Å². The van der Waals surface area contributed by atoms with Crippen LogP contribution in [-0.2, 0) is 12.7 Å². The van der Waals surface area contributed by atoms with Crippen molar-refractivity contribution >= 4 is 23.2 Å². The van der Waals surface area contributed by atoms with E-state index in [1.807, 2.05) is 0 Å². The lowest BCUT2D eigenvalue weighted by molar-refractivity contribution is -0.141. The number of hydrogen-bond acceptors (Lipinski definition) is 3. The van der Waals surface area contributed by atoms with Crippen LogP contribution >= 0.6 is 23.2 Å². The van der Waals surface area contributed by atoms with Gasteiger partial charge >= 0.3 is 6.18 Å². The number of alkyl halides is 3. The largest absolute Gasteiger partial charge is 0.433 e. The normalized spacial score (nSPS) is 13.2. The molecule has 0 bridgehead atoms. The van der Waals surface area contributed by atoms with Crippen molar-refractivity contribution in [1.82, 2.24) is 15.3 Å². The molecule has 0 aliphatic rings. The number of aromatic nitrogens is 2. The van der Waals surface area contributed by atoms with Crippen LogP contribution in [-0.4, -0.2) is 9.97 Å². The summed E-state index contributed by atoms with van der Waals surface area (Å²) in [5, 5.41) is 3.13. The van der Waals surface area contributed by atoms with Gasteiger partial charge in [0.1, 0.15) is 17.3 Å². The first kappa shape index (κ1) is 17.9. The third-order valence-electron chi connectivity index (χ3n) is 3.02. The zero-order valence-corrected chi connectivity index (χ0v) is 13.3. The summed E-state index contributed by atoms with van der Waals surface area (Å²) in [4.78, 5) is 7.30. The van der Waals surface area contributed by atoms with Gasteiger partial charge in [-0.05, 0) is 30.7 Å². The lowest BCUT2D eigenvalue weighted by Crippen LogP contribution is -2.22. The Morgan fingerprint density at radius 2 is 1.96 bits per heavy atom. The van der Waals surface area contributed by atoms with Gasteiger partial charge in [0, 0.05) is 12.7 Å². The Labute approximate surface area is 139 Å². The van der Waals surface area contributed by atoms with E-state index in [0.717, 1.165) is 18.3 Å². The van der Waals surface area contributed by atoms with Crippen LogP contribution in [0.25, 0.3) is 0 Å². The van der Waals surface area contributed by atoms with Crippen molar-refractivity contribution < 1.29 is 17.6 Å². The summed E-state index contributed by atoms with van der Waals surface area (Å²) < 4.78 is 51.2. The molecule has 0 spiro atoms. The topological polar surface area (TPSA) is 37.8 Å². The van der Waals surface area contributed by atoms with Crippen molar-refractivity contribution in [3.05, 3.63) is 57.3 Å². The van der Waals surface area contributed by atoms with E-state index < -0.39 is 23.7 Å². The molecule has 1 unspecified atom stereocenters. The minimum atomic E-state index is -4.54. The van der Waals surface area contributed by atoms with Crippen LogP contribution in [0, 0.1) is 5.82 Å². The van der Waals surface area contributed by atoms with E-state index in [4.69, 9.17) is 23.2 Å². The Bertz CT molecular complexity index is 707. The Kier molecular flexibility index (Phi) is 5.44. The molecule has 9 heteroatoms. The summed E-state index contributed by atoms with van der Waals surface area (Å²) in [5.74, 6) is -0.586. The minimum absolute atomic E-state index is 0.0292. The predicted molar refractivity (Wildman–Crippen MR) is 78.7 cm³/mol. The molecule has 0 aliphatic heterocycles. The second kappa shape index (κ2) is 6.98. The summed E-state index contributed by atoms with van der Waals surface area (Å²) >= 11 is 11.7.